The van der Waals surface area contributed by atoms with Crippen LogP contribution in [-0.4, -0.2) is 34.3 Å². The zero-order chi connectivity index (χ0) is 13.1. The van der Waals surface area contributed by atoms with Crippen molar-refractivity contribution in [3.8, 4) is 0 Å². The minimum absolute atomic E-state index is 0.0192. The monoisotopic (exact) mass is 250 g/mol. The van der Waals surface area contributed by atoms with Crippen molar-refractivity contribution in [2.45, 2.75) is 64.1 Å². The van der Waals surface area contributed by atoms with Crippen LogP contribution in [-0.2, 0) is 9.59 Å². The second kappa shape index (κ2) is 3.72. The Balaban J connectivity index is 1.86. The van der Waals surface area contributed by atoms with Gasteiger partial charge < -0.3 is 10.2 Å². The van der Waals surface area contributed by atoms with Gasteiger partial charge in [0.25, 0.3) is 0 Å². The van der Waals surface area contributed by atoms with Gasteiger partial charge in [-0.3, -0.25) is 9.59 Å². The predicted molar refractivity (Wildman–Crippen MR) is 67.8 cm³/mol. The molecule has 100 valence electrons. The van der Waals surface area contributed by atoms with Crippen molar-refractivity contribution in [3.05, 3.63) is 0 Å². The van der Waals surface area contributed by atoms with Crippen LogP contribution in [0.2, 0.25) is 0 Å². The summed E-state index contributed by atoms with van der Waals surface area (Å²) < 4.78 is 0. The molecule has 0 radical (unpaired) electrons. The van der Waals surface area contributed by atoms with Crippen LogP contribution in [0.15, 0.2) is 0 Å². The summed E-state index contributed by atoms with van der Waals surface area (Å²) in [7, 11) is 0. The molecule has 4 heteroatoms. The van der Waals surface area contributed by atoms with Crippen LogP contribution in [0.4, 0.5) is 0 Å². The third kappa shape index (κ3) is 1.57. The summed E-state index contributed by atoms with van der Waals surface area (Å²) in [6.07, 6.45) is 4.29. The van der Waals surface area contributed by atoms with Gasteiger partial charge in [-0.25, -0.2) is 0 Å². The maximum atomic E-state index is 12.7. The number of nitrogens with zero attached hydrogens (tertiary/aromatic N) is 1. The number of carbonyl (C=O) groups excluding carboxylic acids is 2. The van der Waals surface area contributed by atoms with Gasteiger partial charge in [-0.1, -0.05) is 13.3 Å². The molecule has 18 heavy (non-hydrogen) atoms. The molecule has 3 fully saturated rings. The lowest BCUT2D eigenvalue weighted by atomic mass is 9.89. The van der Waals surface area contributed by atoms with E-state index in [9.17, 15) is 9.59 Å². The van der Waals surface area contributed by atoms with Crippen LogP contribution < -0.4 is 5.32 Å². The molecule has 2 amide bonds. The molecular formula is C14H22N2O2. The number of carbonyl (C=O) groups is 2. The van der Waals surface area contributed by atoms with E-state index >= 15 is 0 Å². The first-order valence-corrected chi connectivity index (χ1v) is 7.13. The van der Waals surface area contributed by atoms with E-state index in [-0.39, 0.29) is 17.9 Å². The lowest BCUT2D eigenvalue weighted by molar-refractivity contribution is -0.155. The van der Waals surface area contributed by atoms with Gasteiger partial charge >= 0.3 is 0 Å². The maximum absolute atomic E-state index is 12.7. The minimum Gasteiger partial charge on any atom is -0.340 e. The quantitative estimate of drug-likeness (QED) is 0.821. The normalized spacial score (nSPS) is 43.9. The molecule has 4 unspecified atom stereocenters. The molecule has 4 atom stereocenters. The summed E-state index contributed by atoms with van der Waals surface area (Å²) in [5.41, 5.74) is -0.634. The number of hydrogen-bond donors (Lipinski definition) is 1. The minimum atomic E-state index is -0.634. The fraction of sp³-hybridized carbons (Fsp3) is 0.857. The second-order valence-electron chi connectivity index (χ2n) is 6.33. The molecule has 2 aliphatic carbocycles. The van der Waals surface area contributed by atoms with E-state index in [0.29, 0.717) is 17.9 Å². The molecule has 1 aliphatic heterocycles. The SMILES string of the molecule is CCC1CC1N1C(=O)C(C)(C2CC2)NC(=O)C1C. The molecule has 0 spiro atoms. The van der Waals surface area contributed by atoms with Crippen molar-refractivity contribution >= 4 is 11.8 Å². The molecular weight excluding hydrogens is 228 g/mol. The molecule has 0 aromatic heterocycles. The highest BCUT2D eigenvalue weighted by atomic mass is 16.2. The Hall–Kier alpha value is -1.06. The number of rotatable bonds is 3. The smallest absolute Gasteiger partial charge is 0.249 e. The zero-order valence-electron chi connectivity index (χ0n) is 11.4. The number of amides is 2. The van der Waals surface area contributed by atoms with Crippen molar-refractivity contribution < 1.29 is 9.59 Å². The van der Waals surface area contributed by atoms with Crippen LogP contribution >= 0.6 is 0 Å². The summed E-state index contributed by atoms with van der Waals surface area (Å²) >= 11 is 0. The molecule has 0 aromatic carbocycles. The number of nitrogens with one attached hydrogen (secondary N) is 1. The molecule has 3 aliphatic rings. The van der Waals surface area contributed by atoms with E-state index in [1.54, 1.807) is 0 Å². The standard InChI is InChI=1S/C14H22N2O2/c1-4-9-7-11(9)16-8(2)12(17)15-14(3,13(16)18)10-5-6-10/h8-11H,4-7H2,1-3H3,(H,15,17). The molecule has 3 rings (SSSR count). The molecule has 0 bridgehead atoms. The van der Waals surface area contributed by atoms with Gasteiger partial charge in [0.2, 0.25) is 11.8 Å². The first-order valence-electron chi connectivity index (χ1n) is 7.13. The summed E-state index contributed by atoms with van der Waals surface area (Å²) in [5.74, 6) is 1.12. The largest absolute Gasteiger partial charge is 0.340 e. The van der Waals surface area contributed by atoms with Crippen LogP contribution in [0.5, 0.6) is 0 Å². The Kier molecular flexibility index (Phi) is 2.48. The second-order valence-corrected chi connectivity index (χ2v) is 6.33. The summed E-state index contributed by atoms with van der Waals surface area (Å²) in [6, 6.07) is 0.00694. The first-order chi connectivity index (χ1) is 8.49. The highest BCUT2D eigenvalue weighted by Gasteiger charge is 2.58. The van der Waals surface area contributed by atoms with Gasteiger partial charge in [0.1, 0.15) is 11.6 Å². The van der Waals surface area contributed by atoms with Gasteiger partial charge in [-0.05, 0) is 44.9 Å². The first kappa shape index (κ1) is 12.0. The van der Waals surface area contributed by atoms with Gasteiger partial charge in [-0.2, -0.15) is 0 Å². The van der Waals surface area contributed by atoms with E-state index in [4.69, 9.17) is 0 Å². The molecule has 4 nitrogen and oxygen atoms in total. The van der Waals surface area contributed by atoms with Crippen LogP contribution in [0, 0.1) is 11.8 Å². The Morgan fingerprint density at radius 1 is 1.39 bits per heavy atom. The predicted octanol–water partition coefficient (Wildman–Crippen LogP) is 1.30. The van der Waals surface area contributed by atoms with E-state index < -0.39 is 5.54 Å². The summed E-state index contributed by atoms with van der Waals surface area (Å²) in [5, 5.41) is 2.97. The van der Waals surface area contributed by atoms with Crippen LogP contribution in [0.1, 0.15) is 46.5 Å². The van der Waals surface area contributed by atoms with E-state index in [0.717, 1.165) is 25.7 Å². The van der Waals surface area contributed by atoms with E-state index in [2.05, 4.69) is 12.2 Å². The van der Waals surface area contributed by atoms with Crippen molar-refractivity contribution in [1.29, 1.82) is 0 Å². The molecule has 0 aromatic rings. The lowest BCUT2D eigenvalue weighted by Gasteiger charge is -2.44. The lowest BCUT2D eigenvalue weighted by Crippen LogP contribution is -2.70. The van der Waals surface area contributed by atoms with Crippen molar-refractivity contribution in [2.75, 3.05) is 0 Å². The van der Waals surface area contributed by atoms with Crippen molar-refractivity contribution in [1.82, 2.24) is 10.2 Å². The average molecular weight is 250 g/mol. The van der Waals surface area contributed by atoms with E-state index in [1.165, 1.54) is 0 Å². The van der Waals surface area contributed by atoms with Crippen LogP contribution in [0.3, 0.4) is 0 Å². The summed E-state index contributed by atoms with van der Waals surface area (Å²) in [4.78, 5) is 26.7. The zero-order valence-corrected chi connectivity index (χ0v) is 11.4. The molecule has 2 saturated carbocycles. The summed E-state index contributed by atoms with van der Waals surface area (Å²) in [6.45, 7) is 5.92. The van der Waals surface area contributed by atoms with Crippen molar-refractivity contribution in [3.63, 3.8) is 0 Å². The van der Waals surface area contributed by atoms with Gasteiger partial charge in [0.15, 0.2) is 0 Å². The Morgan fingerprint density at radius 2 is 2.06 bits per heavy atom. The van der Waals surface area contributed by atoms with Gasteiger partial charge in [0, 0.05) is 6.04 Å². The Morgan fingerprint density at radius 3 is 2.56 bits per heavy atom. The number of piperazine rings is 1. The fourth-order valence-electron chi connectivity index (χ4n) is 3.37. The van der Waals surface area contributed by atoms with Gasteiger partial charge in [0.05, 0.1) is 0 Å². The average Bonchev–Trinajstić information content (AvgIpc) is 3.18. The van der Waals surface area contributed by atoms with Crippen LogP contribution in [0.25, 0.3) is 0 Å². The van der Waals surface area contributed by atoms with Gasteiger partial charge in [-0.15, -0.1) is 0 Å². The molecule has 1 N–H and O–H groups in total. The third-order valence-electron chi connectivity index (χ3n) is 5.02. The highest BCUT2D eigenvalue weighted by Crippen LogP contribution is 2.46. The fourth-order valence-corrected chi connectivity index (χ4v) is 3.37. The van der Waals surface area contributed by atoms with Crippen molar-refractivity contribution in [2.24, 2.45) is 11.8 Å². The molecule has 1 saturated heterocycles. The molecule has 1 heterocycles. The number of hydrogen-bond acceptors (Lipinski definition) is 2. The highest BCUT2D eigenvalue weighted by molar-refractivity contribution is 6.00. The third-order valence-corrected chi connectivity index (χ3v) is 5.02. The topological polar surface area (TPSA) is 49.4 Å². The Labute approximate surface area is 108 Å². The maximum Gasteiger partial charge on any atom is 0.249 e. The van der Waals surface area contributed by atoms with E-state index in [1.807, 2.05) is 18.7 Å². The Bertz CT molecular complexity index is 405.